The number of para-hydroxylation sites is 1. The van der Waals surface area contributed by atoms with Crippen molar-refractivity contribution >= 4 is 5.78 Å². The summed E-state index contributed by atoms with van der Waals surface area (Å²) in [6.07, 6.45) is 1.47. The number of aromatic nitrogens is 2. The van der Waals surface area contributed by atoms with Gasteiger partial charge in [-0.25, -0.2) is 4.79 Å². The van der Waals surface area contributed by atoms with Gasteiger partial charge < -0.3 is 13.6 Å². The maximum Gasteiger partial charge on any atom is 0.437 e. The molecule has 7 nitrogen and oxygen atoms in total. The molecule has 0 saturated carbocycles. The summed E-state index contributed by atoms with van der Waals surface area (Å²) in [6, 6.07) is 10.3. The maximum atomic E-state index is 11.7. The van der Waals surface area contributed by atoms with E-state index in [0.717, 1.165) is 4.68 Å². The fourth-order valence-corrected chi connectivity index (χ4v) is 2.07. The molecule has 0 unspecified atom stereocenters. The molecular formula is C16H14N2O5. The molecule has 3 aromatic rings. The number of carbonyl (C=O) groups excluding carboxylic acids is 1. The van der Waals surface area contributed by atoms with E-state index in [1.54, 1.807) is 36.4 Å². The highest BCUT2D eigenvalue weighted by Gasteiger charge is 2.13. The highest BCUT2D eigenvalue weighted by atomic mass is 16.5. The second kappa shape index (κ2) is 6.35. The number of ketones is 1. The van der Waals surface area contributed by atoms with Crippen molar-refractivity contribution in [1.82, 2.24) is 9.78 Å². The third kappa shape index (κ3) is 3.23. The molecule has 0 aliphatic heterocycles. The van der Waals surface area contributed by atoms with E-state index in [-0.39, 0.29) is 24.8 Å². The van der Waals surface area contributed by atoms with Gasteiger partial charge in [-0.3, -0.25) is 4.79 Å². The Morgan fingerprint density at radius 3 is 2.83 bits per heavy atom. The van der Waals surface area contributed by atoms with Crippen molar-refractivity contribution in [3.63, 3.8) is 0 Å². The second-order valence-corrected chi connectivity index (χ2v) is 4.77. The average molecular weight is 314 g/mol. The lowest BCUT2D eigenvalue weighted by atomic mass is 10.1. The molecule has 23 heavy (non-hydrogen) atoms. The maximum absolute atomic E-state index is 11.7. The molecule has 0 aliphatic carbocycles. The normalized spacial score (nSPS) is 10.7. The molecule has 118 valence electrons. The lowest BCUT2D eigenvalue weighted by Crippen LogP contribution is -2.20. The number of ether oxygens (including phenoxy) is 1. The first-order valence-electron chi connectivity index (χ1n) is 7.00. The molecule has 0 aliphatic rings. The van der Waals surface area contributed by atoms with E-state index in [4.69, 9.17) is 13.6 Å². The van der Waals surface area contributed by atoms with Crippen LogP contribution in [0.4, 0.5) is 0 Å². The smallest absolute Gasteiger partial charge is 0.437 e. The summed E-state index contributed by atoms with van der Waals surface area (Å²) < 4.78 is 16.9. The number of rotatable bonds is 6. The van der Waals surface area contributed by atoms with Crippen LogP contribution in [0.15, 0.2) is 56.3 Å². The molecule has 0 amide bonds. The molecule has 0 radical (unpaired) electrons. The van der Waals surface area contributed by atoms with Crippen LogP contribution in [0.2, 0.25) is 0 Å². The van der Waals surface area contributed by atoms with E-state index in [1.807, 2.05) is 0 Å². The van der Waals surface area contributed by atoms with Crippen molar-refractivity contribution in [3.8, 4) is 17.4 Å². The van der Waals surface area contributed by atoms with E-state index in [2.05, 4.69) is 5.10 Å². The summed E-state index contributed by atoms with van der Waals surface area (Å²) in [4.78, 5) is 23.3. The highest BCUT2D eigenvalue weighted by molar-refractivity contribution is 5.96. The van der Waals surface area contributed by atoms with Gasteiger partial charge in [0.1, 0.15) is 12.4 Å². The van der Waals surface area contributed by atoms with Crippen molar-refractivity contribution in [2.24, 2.45) is 0 Å². The van der Waals surface area contributed by atoms with Crippen LogP contribution < -0.4 is 10.5 Å². The zero-order chi connectivity index (χ0) is 16.2. The van der Waals surface area contributed by atoms with Crippen LogP contribution in [0.1, 0.15) is 17.3 Å². The number of furan rings is 1. The summed E-state index contributed by atoms with van der Waals surface area (Å²) in [5.74, 6) is 0.287. The van der Waals surface area contributed by atoms with Crippen LogP contribution in [0, 0.1) is 0 Å². The Morgan fingerprint density at radius 2 is 2.09 bits per heavy atom. The number of nitrogens with zero attached hydrogens (tertiary/aromatic N) is 2. The molecule has 3 rings (SSSR count). The number of hydrogen-bond donors (Lipinski definition) is 0. The van der Waals surface area contributed by atoms with Gasteiger partial charge in [0, 0.05) is 0 Å². The molecule has 0 N–H and O–H groups in total. The van der Waals surface area contributed by atoms with Gasteiger partial charge in [-0.2, -0.15) is 4.68 Å². The van der Waals surface area contributed by atoms with Gasteiger partial charge >= 0.3 is 5.76 Å². The third-order valence-electron chi connectivity index (χ3n) is 3.17. The summed E-state index contributed by atoms with van der Waals surface area (Å²) in [6.45, 7) is 1.84. The van der Waals surface area contributed by atoms with Crippen LogP contribution in [0.25, 0.3) is 11.7 Å². The molecule has 2 heterocycles. The summed E-state index contributed by atoms with van der Waals surface area (Å²) in [7, 11) is 0. The van der Waals surface area contributed by atoms with Crippen LogP contribution in [-0.2, 0) is 6.54 Å². The first-order chi connectivity index (χ1) is 11.1. The zero-order valence-corrected chi connectivity index (χ0v) is 12.4. The molecule has 0 bridgehead atoms. The first-order valence-corrected chi connectivity index (χ1v) is 7.00. The van der Waals surface area contributed by atoms with E-state index in [0.29, 0.717) is 17.1 Å². The van der Waals surface area contributed by atoms with E-state index < -0.39 is 5.76 Å². The van der Waals surface area contributed by atoms with Gasteiger partial charge in [0.15, 0.2) is 11.5 Å². The van der Waals surface area contributed by atoms with Crippen LogP contribution in [0.3, 0.4) is 0 Å². The van der Waals surface area contributed by atoms with Crippen LogP contribution in [-0.4, -0.2) is 22.2 Å². The SMILES string of the molecule is CC(=O)c1ccccc1OCCn1nc(-c2ccco2)oc1=O. The minimum absolute atomic E-state index is 0.0840. The van der Waals surface area contributed by atoms with Crippen molar-refractivity contribution in [3.05, 3.63) is 58.8 Å². The lowest BCUT2D eigenvalue weighted by molar-refractivity contribution is 0.101. The molecule has 1 aromatic carbocycles. The Labute approximate surface area is 131 Å². The predicted octanol–water partition coefficient (Wildman–Crippen LogP) is 2.38. The monoisotopic (exact) mass is 314 g/mol. The Balaban J connectivity index is 1.68. The molecule has 0 spiro atoms. The van der Waals surface area contributed by atoms with Gasteiger partial charge in [-0.05, 0) is 31.2 Å². The van der Waals surface area contributed by atoms with Crippen molar-refractivity contribution in [2.45, 2.75) is 13.5 Å². The molecule has 7 heteroatoms. The number of hydrogen-bond acceptors (Lipinski definition) is 6. The predicted molar refractivity (Wildman–Crippen MR) is 80.4 cm³/mol. The number of carbonyl (C=O) groups is 1. The first kappa shape index (κ1) is 14.8. The second-order valence-electron chi connectivity index (χ2n) is 4.77. The summed E-state index contributed by atoms with van der Waals surface area (Å²) >= 11 is 0. The van der Waals surface area contributed by atoms with Crippen LogP contribution >= 0.6 is 0 Å². The van der Waals surface area contributed by atoms with Crippen molar-refractivity contribution in [2.75, 3.05) is 6.61 Å². The largest absolute Gasteiger partial charge is 0.491 e. The highest BCUT2D eigenvalue weighted by Crippen LogP contribution is 2.18. The van der Waals surface area contributed by atoms with Crippen molar-refractivity contribution < 1.29 is 18.4 Å². The van der Waals surface area contributed by atoms with Gasteiger partial charge in [0.05, 0.1) is 18.4 Å². The quantitative estimate of drug-likeness (QED) is 0.649. The van der Waals surface area contributed by atoms with Crippen LogP contribution in [0.5, 0.6) is 5.75 Å². The van der Waals surface area contributed by atoms with E-state index in [9.17, 15) is 9.59 Å². The standard InChI is InChI=1S/C16H14N2O5/c1-11(19)12-5-2-3-6-13(12)22-10-8-18-16(20)23-15(17-18)14-7-4-9-21-14/h2-7,9H,8,10H2,1H3. The Hall–Kier alpha value is -3.09. The van der Waals surface area contributed by atoms with Gasteiger partial charge in [0.2, 0.25) is 0 Å². The summed E-state index contributed by atoms with van der Waals surface area (Å²) in [5.41, 5.74) is 0.497. The fraction of sp³-hybridized carbons (Fsp3) is 0.188. The fourth-order valence-electron chi connectivity index (χ4n) is 2.07. The van der Waals surface area contributed by atoms with E-state index in [1.165, 1.54) is 13.2 Å². The van der Waals surface area contributed by atoms with Crippen molar-refractivity contribution in [1.29, 1.82) is 0 Å². The lowest BCUT2D eigenvalue weighted by Gasteiger charge is -2.08. The zero-order valence-electron chi connectivity index (χ0n) is 12.4. The molecule has 0 atom stereocenters. The molecular weight excluding hydrogens is 300 g/mol. The molecule has 2 aromatic heterocycles. The topological polar surface area (TPSA) is 87.5 Å². The van der Waals surface area contributed by atoms with Gasteiger partial charge in [-0.15, -0.1) is 5.10 Å². The van der Waals surface area contributed by atoms with Gasteiger partial charge in [0.25, 0.3) is 5.89 Å². The summed E-state index contributed by atoms with van der Waals surface area (Å²) in [5, 5.41) is 4.04. The average Bonchev–Trinajstić information content (AvgIpc) is 3.18. The Kier molecular flexibility index (Phi) is 4.09. The Bertz CT molecular complexity index is 861. The number of benzene rings is 1. The minimum Gasteiger partial charge on any atom is -0.491 e. The van der Waals surface area contributed by atoms with E-state index >= 15 is 0 Å². The molecule has 0 fully saturated rings. The Morgan fingerprint density at radius 1 is 1.26 bits per heavy atom. The number of Topliss-reactive ketones (excluding diaryl/α,β-unsaturated/α-hetero) is 1. The van der Waals surface area contributed by atoms with Gasteiger partial charge in [-0.1, -0.05) is 12.1 Å². The minimum atomic E-state index is -0.597. The third-order valence-corrected chi connectivity index (χ3v) is 3.17. The molecule has 0 saturated heterocycles.